The normalized spacial score (nSPS) is 21.1. The van der Waals surface area contributed by atoms with Crippen LogP contribution in [0.1, 0.15) is 51.0 Å². The zero-order chi connectivity index (χ0) is 23.7. The molecule has 3 N–H and O–H groups in total. The number of esters is 1. The average molecular weight is 489 g/mol. The number of carbonyl (C=O) groups excluding carboxylic acids is 2. The highest BCUT2D eigenvalue weighted by Crippen LogP contribution is 2.29. The van der Waals surface area contributed by atoms with Crippen LogP contribution in [-0.4, -0.2) is 60.9 Å². The first kappa shape index (κ1) is 26.7. The Morgan fingerprint density at radius 1 is 1.19 bits per heavy atom. The molecule has 9 heteroatoms. The molecule has 1 aromatic rings. The molecule has 1 saturated heterocycles. The van der Waals surface area contributed by atoms with Crippen LogP contribution in [0.2, 0.25) is 10.0 Å². The van der Waals surface area contributed by atoms with Crippen LogP contribution in [0.3, 0.4) is 0 Å². The summed E-state index contributed by atoms with van der Waals surface area (Å²) in [5.74, 6) is 0.118. The fourth-order valence-electron chi connectivity index (χ4n) is 4.12. The van der Waals surface area contributed by atoms with Gasteiger partial charge in [0.1, 0.15) is 0 Å². The fraction of sp³-hybridized carbons (Fsp3) is 0.652. The number of carbonyl (C=O) groups is 2. The minimum atomic E-state index is -0.217. The Morgan fingerprint density at radius 2 is 1.88 bits per heavy atom. The number of anilines is 1. The Morgan fingerprint density at radius 3 is 2.47 bits per heavy atom. The maximum absolute atomic E-state index is 12.4. The van der Waals surface area contributed by atoms with Gasteiger partial charge >= 0.3 is 5.97 Å². The van der Waals surface area contributed by atoms with Crippen molar-refractivity contribution >= 4 is 40.8 Å². The molecule has 0 unspecified atom stereocenters. The molecule has 2 atom stereocenters. The minimum absolute atomic E-state index is 0.0206. The van der Waals surface area contributed by atoms with Gasteiger partial charge in [-0.1, -0.05) is 42.5 Å². The molecule has 2 aliphatic rings. The van der Waals surface area contributed by atoms with Crippen molar-refractivity contribution in [3.8, 4) is 0 Å². The Labute approximate surface area is 200 Å². The summed E-state index contributed by atoms with van der Waals surface area (Å²) in [5.41, 5.74) is 6.67. The molecule has 0 aromatic heterocycles. The Balaban J connectivity index is 0.000000278. The number of aliphatic hydroxyl groups excluding tert-OH is 1. The lowest BCUT2D eigenvalue weighted by Gasteiger charge is -2.23. The zero-order valence-electron chi connectivity index (χ0n) is 18.8. The number of hydrogen-bond acceptors (Lipinski definition) is 6. The zero-order valence-corrected chi connectivity index (χ0v) is 20.3. The number of rotatable bonds is 6. The number of methoxy groups -OCH3 is 1. The van der Waals surface area contributed by atoms with E-state index in [1.54, 1.807) is 18.1 Å². The van der Waals surface area contributed by atoms with Crippen molar-refractivity contribution in [2.24, 2.45) is 5.92 Å². The standard InChI is InChI=1S/C14H18Cl2N2O3.C9H16O2/c1-21-10-4-9(7-19)18(6-10)14(20)3-8-2-12(16)13(17)5-11(8)15;1-2-11-9(10)8-6-4-3-5-7-8/h2,5,9-10,19H,3-4,6-7,17H2,1H3;8H,2-7H2,1H3/t9-,10-;/m0./s1. The Kier molecular flexibility index (Phi) is 11.0. The van der Waals surface area contributed by atoms with Gasteiger partial charge in [0.25, 0.3) is 0 Å². The summed E-state index contributed by atoms with van der Waals surface area (Å²) >= 11 is 12.1. The van der Waals surface area contributed by atoms with E-state index < -0.39 is 0 Å². The van der Waals surface area contributed by atoms with Gasteiger partial charge in [-0.05, 0) is 43.9 Å². The van der Waals surface area contributed by atoms with Crippen LogP contribution >= 0.6 is 23.2 Å². The molecule has 1 aromatic carbocycles. The summed E-state index contributed by atoms with van der Waals surface area (Å²) in [7, 11) is 1.60. The first-order valence-electron chi connectivity index (χ1n) is 11.1. The Hall–Kier alpha value is -1.54. The topological polar surface area (TPSA) is 102 Å². The number of nitrogens with two attached hydrogens (primary N) is 1. The fourth-order valence-corrected chi connectivity index (χ4v) is 4.55. The van der Waals surface area contributed by atoms with Gasteiger partial charge in [0.05, 0.1) is 48.4 Å². The number of halogens is 2. The van der Waals surface area contributed by atoms with Crippen LogP contribution < -0.4 is 5.73 Å². The van der Waals surface area contributed by atoms with Crippen molar-refractivity contribution < 1.29 is 24.2 Å². The predicted octanol–water partition coefficient (Wildman–Crippen LogP) is 3.86. The van der Waals surface area contributed by atoms with Crippen LogP contribution in [0.5, 0.6) is 0 Å². The smallest absolute Gasteiger partial charge is 0.308 e. The highest BCUT2D eigenvalue weighted by atomic mass is 35.5. The third kappa shape index (κ3) is 7.51. The molecule has 180 valence electrons. The molecule has 2 fully saturated rings. The number of benzene rings is 1. The number of ether oxygens (including phenoxy) is 2. The van der Waals surface area contributed by atoms with Crippen LogP contribution in [-0.2, 0) is 25.5 Å². The van der Waals surface area contributed by atoms with E-state index in [0.717, 1.165) is 12.8 Å². The first-order valence-corrected chi connectivity index (χ1v) is 11.9. The van der Waals surface area contributed by atoms with E-state index in [9.17, 15) is 14.7 Å². The van der Waals surface area contributed by atoms with Crippen LogP contribution in [0.15, 0.2) is 12.1 Å². The van der Waals surface area contributed by atoms with E-state index in [1.807, 2.05) is 6.92 Å². The monoisotopic (exact) mass is 488 g/mol. The second kappa shape index (κ2) is 13.2. The van der Waals surface area contributed by atoms with Gasteiger partial charge in [-0.3, -0.25) is 9.59 Å². The summed E-state index contributed by atoms with van der Waals surface area (Å²) in [4.78, 5) is 25.2. The number of nitrogen functional groups attached to an aromatic ring is 1. The second-order valence-corrected chi connectivity index (χ2v) is 9.02. The molecule has 0 radical (unpaired) electrons. The van der Waals surface area contributed by atoms with Gasteiger partial charge in [-0.2, -0.15) is 0 Å². The third-order valence-corrected chi connectivity index (χ3v) is 6.65. The maximum atomic E-state index is 12.4. The third-order valence-electron chi connectivity index (χ3n) is 5.97. The molecule has 1 aliphatic heterocycles. The van der Waals surface area contributed by atoms with Crippen molar-refractivity contribution in [3.05, 3.63) is 27.7 Å². The molecule has 3 rings (SSSR count). The molecule has 1 heterocycles. The lowest BCUT2D eigenvalue weighted by atomic mass is 9.89. The molecule has 32 heavy (non-hydrogen) atoms. The number of nitrogens with zero attached hydrogens (tertiary/aromatic N) is 1. The molecular weight excluding hydrogens is 455 g/mol. The van der Waals surface area contributed by atoms with Gasteiger partial charge in [0, 0.05) is 18.7 Å². The van der Waals surface area contributed by atoms with Crippen molar-refractivity contribution in [2.45, 2.75) is 64.0 Å². The van der Waals surface area contributed by atoms with Gasteiger partial charge in [0.2, 0.25) is 5.91 Å². The molecular formula is C23H34Cl2N2O5. The van der Waals surface area contributed by atoms with Crippen LogP contribution in [0, 0.1) is 5.92 Å². The molecule has 1 saturated carbocycles. The summed E-state index contributed by atoms with van der Waals surface area (Å²) < 4.78 is 10.2. The largest absolute Gasteiger partial charge is 0.466 e. The molecule has 7 nitrogen and oxygen atoms in total. The highest BCUT2D eigenvalue weighted by Gasteiger charge is 2.34. The van der Waals surface area contributed by atoms with E-state index in [4.69, 9.17) is 38.4 Å². The second-order valence-electron chi connectivity index (χ2n) is 8.20. The molecule has 0 spiro atoms. The number of likely N-dealkylation sites (tertiary alicyclic amines) is 1. The van der Waals surface area contributed by atoms with Gasteiger partial charge < -0.3 is 25.2 Å². The van der Waals surface area contributed by atoms with E-state index in [1.165, 1.54) is 25.3 Å². The number of hydrogen-bond donors (Lipinski definition) is 2. The molecule has 1 amide bonds. The van der Waals surface area contributed by atoms with E-state index in [-0.39, 0.29) is 43.0 Å². The van der Waals surface area contributed by atoms with E-state index in [0.29, 0.717) is 40.9 Å². The lowest BCUT2D eigenvalue weighted by molar-refractivity contribution is -0.149. The maximum Gasteiger partial charge on any atom is 0.308 e. The quantitative estimate of drug-likeness (QED) is 0.465. The summed E-state index contributed by atoms with van der Waals surface area (Å²) in [6, 6.07) is 2.93. The minimum Gasteiger partial charge on any atom is -0.466 e. The number of aliphatic hydroxyl groups is 1. The van der Waals surface area contributed by atoms with E-state index >= 15 is 0 Å². The lowest BCUT2D eigenvalue weighted by Crippen LogP contribution is -2.39. The van der Waals surface area contributed by atoms with Crippen molar-refractivity contribution in [2.75, 3.05) is 32.6 Å². The average Bonchev–Trinajstić information content (AvgIpc) is 3.22. The summed E-state index contributed by atoms with van der Waals surface area (Å²) in [6.07, 6.45) is 6.47. The molecule has 0 bridgehead atoms. The first-order chi connectivity index (χ1) is 15.3. The Bertz CT molecular complexity index is 771. The summed E-state index contributed by atoms with van der Waals surface area (Å²) in [5, 5.41) is 10.2. The van der Waals surface area contributed by atoms with Gasteiger partial charge in [-0.25, -0.2) is 0 Å². The van der Waals surface area contributed by atoms with Crippen LogP contribution in [0.4, 0.5) is 5.69 Å². The number of amides is 1. The van der Waals surface area contributed by atoms with Gasteiger partial charge in [-0.15, -0.1) is 0 Å². The van der Waals surface area contributed by atoms with Crippen LogP contribution in [0.25, 0.3) is 0 Å². The van der Waals surface area contributed by atoms with Crippen molar-refractivity contribution in [3.63, 3.8) is 0 Å². The van der Waals surface area contributed by atoms with Crippen molar-refractivity contribution in [1.29, 1.82) is 0 Å². The summed E-state index contributed by atoms with van der Waals surface area (Å²) in [6.45, 7) is 2.78. The SMILES string of the molecule is CCOC(=O)C1CCCCC1.CO[C@H]1C[C@@H](CO)N(C(=O)Cc2cc(Cl)c(N)cc2Cl)C1. The molecule has 1 aliphatic carbocycles. The highest BCUT2D eigenvalue weighted by molar-refractivity contribution is 6.35. The predicted molar refractivity (Wildman–Crippen MR) is 126 cm³/mol. The van der Waals surface area contributed by atoms with Crippen molar-refractivity contribution in [1.82, 2.24) is 4.90 Å². The van der Waals surface area contributed by atoms with Gasteiger partial charge in [0.15, 0.2) is 0 Å². The van der Waals surface area contributed by atoms with E-state index in [2.05, 4.69) is 0 Å².